The summed E-state index contributed by atoms with van der Waals surface area (Å²) in [6, 6.07) is 0. The number of nitrogens with zero attached hydrogens (tertiary/aromatic N) is 2. The van der Waals surface area contributed by atoms with E-state index in [2.05, 4.69) is 16.8 Å². The van der Waals surface area contributed by atoms with Gasteiger partial charge in [0.2, 0.25) is 0 Å². The van der Waals surface area contributed by atoms with Crippen molar-refractivity contribution in [2.75, 3.05) is 18.8 Å². The molecule has 0 aliphatic heterocycles. The van der Waals surface area contributed by atoms with Gasteiger partial charge in [0.1, 0.15) is 0 Å². The number of H-pyrrole nitrogens is 1. The van der Waals surface area contributed by atoms with Gasteiger partial charge in [0.05, 0.1) is 11.4 Å². The molecule has 0 aromatic carbocycles. The highest BCUT2D eigenvalue weighted by Crippen LogP contribution is 2.16. The minimum absolute atomic E-state index is 0.139. The van der Waals surface area contributed by atoms with E-state index in [-0.39, 0.29) is 5.91 Å². The van der Waals surface area contributed by atoms with Gasteiger partial charge in [-0.2, -0.15) is 5.10 Å². The van der Waals surface area contributed by atoms with Gasteiger partial charge in [0, 0.05) is 13.1 Å². The lowest BCUT2D eigenvalue weighted by atomic mass is 10.2. The van der Waals surface area contributed by atoms with Gasteiger partial charge in [-0.25, -0.2) is 0 Å². The molecule has 0 aliphatic rings. The topological polar surface area (TPSA) is 75.0 Å². The van der Waals surface area contributed by atoms with Gasteiger partial charge in [0.25, 0.3) is 5.91 Å². The standard InChI is InChI=1S/C12H20N4O/c1-4-7-16(8-5-2)12(17)11-10(13)9(6-3)14-15-11/h4H,1,5-8,13H2,2-3H3,(H,14,15). The van der Waals surface area contributed by atoms with Crippen molar-refractivity contribution in [3.05, 3.63) is 24.0 Å². The Morgan fingerprint density at radius 1 is 1.59 bits per heavy atom. The molecule has 1 rings (SSSR count). The number of nitrogens with two attached hydrogens (primary N) is 1. The van der Waals surface area contributed by atoms with Crippen LogP contribution in [0, 0.1) is 0 Å². The average Bonchev–Trinajstić information content (AvgIpc) is 2.69. The first kappa shape index (κ1) is 13.3. The number of anilines is 1. The number of aromatic amines is 1. The molecule has 0 saturated carbocycles. The molecule has 0 spiro atoms. The molecule has 0 radical (unpaired) electrons. The summed E-state index contributed by atoms with van der Waals surface area (Å²) in [5, 5.41) is 6.79. The second kappa shape index (κ2) is 6.08. The lowest BCUT2D eigenvalue weighted by molar-refractivity contribution is 0.0769. The molecular formula is C12H20N4O. The van der Waals surface area contributed by atoms with Gasteiger partial charge in [-0.15, -0.1) is 6.58 Å². The lowest BCUT2D eigenvalue weighted by Gasteiger charge is -2.19. The van der Waals surface area contributed by atoms with Crippen molar-refractivity contribution in [2.24, 2.45) is 0 Å². The molecule has 1 aromatic rings. The molecule has 0 aliphatic carbocycles. The summed E-state index contributed by atoms with van der Waals surface area (Å²) >= 11 is 0. The van der Waals surface area contributed by atoms with Crippen LogP contribution < -0.4 is 5.73 Å². The number of carbonyl (C=O) groups is 1. The molecule has 1 aromatic heterocycles. The number of hydrogen-bond donors (Lipinski definition) is 2. The van der Waals surface area contributed by atoms with Crippen LogP contribution in [0.4, 0.5) is 5.69 Å². The Labute approximate surface area is 102 Å². The molecular weight excluding hydrogens is 216 g/mol. The van der Waals surface area contributed by atoms with Crippen molar-refractivity contribution < 1.29 is 4.79 Å². The Hall–Kier alpha value is -1.78. The minimum atomic E-state index is -0.139. The first-order valence-corrected chi connectivity index (χ1v) is 5.88. The summed E-state index contributed by atoms with van der Waals surface area (Å²) in [5.74, 6) is -0.139. The number of aromatic nitrogens is 2. The van der Waals surface area contributed by atoms with E-state index in [1.807, 2.05) is 13.8 Å². The Balaban J connectivity index is 2.92. The zero-order valence-corrected chi connectivity index (χ0v) is 10.5. The van der Waals surface area contributed by atoms with Crippen LogP contribution >= 0.6 is 0 Å². The van der Waals surface area contributed by atoms with Gasteiger partial charge in [0.15, 0.2) is 5.69 Å². The van der Waals surface area contributed by atoms with Gasteiger partial charge in [-0.1, -0.05) is 19.9 Å². The Morgan fingerprint density at radius 3 is 2.76 bits per heavy atom. The highest BCUT2D eigenvalue weighted by atomic mass is 16.2. The van der Waals surface area contributed by atoms with Gasteiger partial charge in [-0.05, 0) is 12.8 Å². The van der Waals surface area contributed by atoms with E-state index in [0.717, 1.165) is 18.5 Å². The van der Waals surface area contributed by atoms with Crippen molar-refractivity contribution >= 4 is 11.6 Å². The number of hydrogen-bond acceptors (Lipinski definition) is 3. The number of rotatable bonds is 6. The first-order chi connectivity index (χ1) is 8.15. The molecule has 3 N–H and O–H groups in total. The van der Waals surface area contributed by atoms with Crippen molar-refractivity contribution in [2.45, 2.75) is 26.7 Å². The highest BCUT2D eigenvalue weighted by Gasteiger charge is 2.21. The van der Waals surface area contributed by atoms with Crippen LogP contribution in [0.3, 0.4) is 0 Å². The van der Waals surface area contributed by atoms with Gasteiger partial charge >= 0.3 is 0 Å². The summed E-state index contributed by atoms with van der Waals surface area (Å²) < 4.78 is 0. The lowest BCUT2D eigenvalue weighted by Crippen LogP contribution is -2.32. The van der Waals surface area contributed by atoms with Crippen LogP contribution in [-0.2, 0) is 6.42 Å². The second-order valence-corrected chi connectivity index (χ2v) is 3.86. The molecule has 1 amide bonds. The normalized spacial score (nSPS) is 10.2. The number of nitrogen functional groups attached to an aromatic ring is 1. The fraction of sp³-hybridized carbons (Fsp3) is 0.500. The molecule has 0 unspecified atom stereocenters. The van der Waals surface area contributed by atoms with Crippen LogP contribution in [-0.4, -0.2) is 34.1 Å². The maximum atomic E-state index is 12.2. The molecule has 0 atom stereocenters. The van der Waals surface area contributed by atoms with Crippen LogP contribution in [0.5, 0.6) is 0 Å². The zero-order valence-electron chi connectivity index (χ0n) is 10.5. The van der Waals surface area contributed by atoms with Gasteiger partial charge in [-0.3, -0.25) is 9.89 Å². The van der Waals surface area contributed by atoms with E-state index in [0.29, 0.717) is 24.5 Å². The van der Waals surface area contributed by atoms with E-state index < -0.39 is 0 Å². The monoisotopic (exact) mass is 236 g/mol. The molecule has 0 fully saturated rings. The molecule has 17 heavy (non-hydrogen) atoms. The predicted octanol–water partition coefficient (Wildman–Crippen LogP) is 1.59. The SMILES string of the molecule is C=CCN(CCC)C(=O)c1n[nH]c(CC)c1N. The molecule has 5 heteroatoms. The van der Waals surface area contributed by atoms with E-state index in [1.54, 1.807) is 11.0 Å². The third kappa shape index (κ3) is 2.87. The van der Waals surface area contributed by atoms with Crippen molar-refractivity contribution in [1.29, 1.82) is 0 Å². The van der Waals surface area contributed by atoms with Crippen LogP contribution in [0.2, 0.25) is 0 Å². The predicted molar refractivity (Wildman–Crippen MR) is 68.8 cm³/mol. The number of amides is 1. The van der Waals surface area contributed by atoms with E-state index in [9.17, 15) is 4.79 Å². The number of aryl methyl sites for hydroxylation is 1. The number of carbonyl (C=O) groups excluding carboxylic acids is 1. The smallest absolute Gasteiger partial charge is 0.276 e. The first-order valence-electron chi connectivity index (χ1n) is 5.88. The van der Waals surface area contributed by atoms with Gasteiger partial charge < -0.3 is 10.6 Å². The Morgan fingerprint density at radius 2 is 2.29 bits per heavy atom. The number of nitrogens with one attached hydrogen (secondary N) is 1. The van der Waals surface area contributed by atoms with Crippen molar-refractivity contribution in [3.8, 4) is 0 Å². The second-order valence-electron chi connectivity index (χ2n) is 3.86. The largest absolute Gasteiger partial charge is 0.395 e. The van der Waals surface area contributed by atoms with E-state index in [4.69, 9.17) is 5.73 Å². The van der Waals surface area contributed by atoms with Crippen molar-refractivity contribution in [3.63, 3.8) is 0 Å². The average molecular weight is 236 g/mol. The maximum Gasteiger partial charge on any atom is 0.276 e. The van der Waals surface area contributed by atoms with Crippen LogP contribution in [0.1, 0.15) is 36.5 Å². The molecule has 0 bridgehead atoms. The Kier molecular flexibility index (Phi) is 4.75. The summed E-state index contributed by atoms with van der Waals surface area (Å²) in [7, 11) is 0. The summed E-state index contributed by atoms with van der Waals surface area (Å²) in [4.78, 5) is 13.9. The molecule has 94 valence electrons. The summed E-state index contributed by atoms with van der Waals surface area (Å²) in [6.07, 6.45) is 3.34. The Bertz CT molecular complexity index is 397. The van der Waals surface area contributed by atoms with Crippen LogP contribution in [0.25, 0.3) is 0 Å². The fourth-order valence-corrected chi connectivity index (χ4v) is 1.67. The molecule has 5 nitrogen and oxygen atoms in total. The maximum absolute atomic E-state index is 12.2. The van der Waals surface area contributed by atoms with E-state index in [1.165, 1.54) is 0 Å². The van der Waals surface area contributed by atoms with Crippen molar-refractivity contribution in [1.82, 2.24) is 15.1 Å². The summed E-state index contributed by atoms with van der Waals surface area (Å²) in [6.45, 7) is 8.83. The highest BCUT2D eigenvalue weighted by molar-refractivity contribution is 5.97. The summed E-state index contributed by atoms with van der Waals surface area (Å²) in [5.41, 5.74) is 7.46. The van der Waals surface area contributed by atoms with Crippen LogP contribution in [0.15, 0.2) is 12.7 Å². The third-order valence-electron chi connectivity index (χ3n) is 2.57. The molecule has 0 saturated heterocycles. The fourth-order valence-electron chi connectivity index (χ4n) is 1.67. The third-order valence-corrected chi connectivity index (χ3v) is 2.57. The minimum Gasteiger partial charge on any atom is -0.395 e. The van der Waals surface area contributed by atoms with E-state index >= 15 is 0 Å². The quantitative estimate of drug-likeness (QED) is 0.736. The zero-order chi connectivity index (χ0) is 12.8. The molecule has 1 heterocycles.